The summed E-state index contributed by atoms with van der Waals surface area (Å²) in [5.41, 5.74) is 3.09. The van der Waals surface area contributed by atoms with Crippen LogP contribution in [0, 0.1) is 0 Å². The van der Waals surface area contributed by atoms with Crippen molar-refractivity contribution in [3.63, 3.8) is 0 Å². The smallest absolute Gasteiger partial charge is 0.231 e. The van der Waals surface area contributed by atoms with Gasteiger partial charge in [-0.25, -0.2) is 0 Å². The number of nitrogens with zero attached hydrogens (tertiary/aromatic N) is 2. The van der Waals surface area contributed by atoms with Gasteiger partial charge in [-0.1, -0.05) is 6.92 Å². The molecule has 3 rings (SSSR count). The van der Waals surface area contributed by atoms with Crippen LogP contribution in [0.2, 0.25) is 0 Å². The maximum atomic E-state index is 12.0. The molecule has 0 saturated carbocycles. The van der Waals surface area contributed by atoms with Gasteiger partial charge in [0.25, 0.3) is 0 Å². The van der Waals surface area contributed by atoms with Crippen LogP contribution in [0.1, 0.15) is 31.4 Å². The van der Waals surface area contributed by atoms with Gasteiger partial charge in [-0.15, -0.1) is 5.10 Å². The first-order valence-corrected chi connectivity index (χ1v) is 6.26. The molecule has 0 amide bonds. The quantitative estimate of drug-likeness (QED) is 0.816. The summed E-state index contributed by atoms with van der Waals surface area (Å²) in [5.74, 6) is 1.37. The number of ketones is 1. The lowest BCUT2D eigenvalue weighted by molar-refractivity contribution is -0.112. The minimum atomic E-state index is -0.0152. The Morgan fingerprint density at radius 1 is 1.26 bits per heavy atom. The van der Waals surface area contributed by atoms with Crippen molar-refractivity contribution in [1.29, 1.82) is 0 Å². The van der Waals surface area contributed by atoms with Crippen LogP contribution in [-0.4, -0.2) is 24.0 Å². The fourth-order valence-corrected chi connectivity index (χ4v) is 2.22. The van der Waals surface area contributed by atoms with Gasteiger partial charge >= 0.3 is 0 Å². The van der Waals surface area contributed by atoms with E-state index in [1.165, 1.54) is 0 Å². The molecule has 0 fully saturated rings. The second-order valence-electron chi connectivity index (χ2n) is 4.60. The fraction of sp³-hybridized carbons (Fsp3) is 0.357. The Kier molecular flexibility index (Phi) is 2.81. The number of rotatable bonds is 2. The van der Waals surface area contributed by atoms with E-state index < -0.39 is 0 Å². The summed E-state index contributed by atoms with van der Waals surface area (Å²) < 4.78 is 10.7. The molecule has 1 aromatic carbocycles. The van der Waals surface area contributed by atoms with Gasteiger partial charge in [0.05, 0.1) is 0 Å². The van der Waals surface area contributed by atoms with E-state index in [0.29, 0.717) is 24.3 Å². The molecule has 0 N–H and O–H groups in total. The first kappa shape index (κ1) is 11.9. The van der Waals surface area contributed by atoms with Crippen molar-refractivity contribution in [2.45, 2.75) is 26.7 Å². The van der Waals surface area contributed by atoms with Gasteiger partial charge in [0.15, 0.2) is 17.3 Å². The highest BCUT2D eigenvalue weighted by Gasteiger charge is 2.24. The van der Waals surface area contributed by atoms with Crippen molar-refractivity contribution in [3.05, 3.63) is 23.3 Å². The van der Waals surface area contributed by atoms with Gasteiger partial charge in [0.2, 0.25) is 6.79 Å². The molecule has 2 aliphatic rings. The monoisotopic (exact) mass is 258 g/mol. The lowest BCUT2D eigenvalue weighted by Gasteiger charge is -2.09. The van der Waals surface area contributed by atoms with E-state index in [0.717, 1.165) is 22.6 Å². The van der Waals surface area contributed by atoms with Gasteiger partial charge in [0, 0.05) is 24.1 Å². The second-order valence-corrected chi connectivity index (χ2v) is 4.60. The summed E-state index contributed by atoms with van der Waals surface area (Å²) in [7, 11) is 0. The minimum Gasteiger partial charge on any atom is -0.454 e. The van der Waals surface area contributed by atoms with Gasteiger partial charge < -0.3 is 9.47 Å². The number of carbonyl (C=O) groups excluding carboxylic acids is 1. The molecule has 98 valence electrons. The van der Waals surface area contributed by atoms with E-state index in [1.54, 1.807) is 0 Å². The Morgan fingerprint density at radius 3 is 2.74 bits per heavy atom. The number of Topliss-reactive ketones (excluding diaryl/α,β-unsaturated/α-hetero) is 1. The molecule has 2 heterocycles. The molecule has 0 saturated heterocycles. The molecular weight excluding hydrogens is 244 g/mol. The van der Waals surface area contributed by atoms with Crippen molar-refractivity contribution in [2.75, 3.05) is 6.79 Å². The number of hydrogen-bond acceptors (Lipinski definition) is 5. The first-order valence-electron chi connectivity index (χ1n) is 6.26. The Balaban J connectivity index is 2.17. The maximum Gasteiger partial charge on any atom is 0.231 e. The summed E-state index contributed by atoms with van der Waals surface area (Å²) in [6.45, 7) is 3.94. The molecular formula is C14H14N2O3. The number of ether oxygens (including phenoxy) is 2. The average Bonchev–Trinajstić information content (AvgIpc) is 2.78. The average molecular weight is 258 g/mol. The lowest BCUT2D eigenvalue weighted by atomic mass is 9.95. The van der Waals surface area contributed by atoms with Crippen molar-refractivity contribution in [1.82, 2.24) is 0 Å². The molecule has 0 bridgehead atoms. The second kappa shape index (κ2) is 4.50. The summed E-state index contributed by atoms with van der Waals surface area (Å²) in [5, 5.41) is 8.19. The van der Waals surface area contributed by atoms with E-state index in [2.05, 4.69) is 10.2 Å². The van der Waals surface area contributed by atoms with Crippen LogP contribution in [0.4, 0.5) is 0 Å². The highest BCUT2D eigenvalue weighted by atomic mass is 16.7. The zero-order valence-electron chi connectivity index (χ0n) is 10.9. The normalized spacial score (nSPS) is 16.3. The molecule has 0 atom stereocenters. The van der Waals surface area contributed by atoms with Crippen molar-refractivity contribution in [2.24, 2.45) is 10.2 Å². The number of carbonyl (C=O) groups is 1. The van der Waals surface area contributed by atoms with Gasteiger partial charge in [-0.3, -0.25) is 4.79 Å². The predicted molar refractivity (Wildman–Crippen MR) is 71.2 cm³/mol. The molecule has 0 radical (unpaired) electrons. The zero-order chi connectivity index (χ0) is 13.4. The fourth-order valence-electron chi connectivity index (χ4n) is 2.22. The zero-order valence-corrected chi connectivity index (χ0v) is 10.9. The Morgan fingerprint density at radius 2 is 2.00 bits per heavy atom. The van der Waals surface area contributed by atoms with E-state index >= 15 is 0 Å². The summed E-state index contributed by atoms with van der Waals surface area (Å²) in [6, 6.07) is 3.75. The van der Waals surface area contributed by atoms with Crippen LogP contribution >= 0.6 is 0 Å². The summed E-state index contributed by atoms with van der Waals surface area (Å²) in [4.78, 5) is 12.0. The third kappa shape index (κ3) is 2.01. The lowest BCUT2D eigenvalue weighted by Crippen LogP contribution is -2.15. The SMILES string of the molecule is CCC(=O)C1=NN=C(C)Cc2cc3c(cc21)OCO3. The topological polar surface area (TPSA) is 60.2 Å². The number of benzene rings is 1. The number of fused-ring (bicyclic) bond motifs is 2. The van der Waals surface area contributed by atoms with Crippen molar-refractivity contribution >= 4 is 17.2 Å². The van der Waals surface area contributed by atoms with Crippen LogP contribution in [0.3, 0.4) is 0 Å². The van der Waals surface area contributed by atoms with E-state index in [1.807, 2.05) is 26.0 Å². The third-order valence-electron chi connectivity index (χ3n) is 3.21. The van der Waals surface area contributed by atoms with E-state index in [4.69, 9.17) is 9.47 Å². The van der Waals surface area contributed by atoms with E-state index in [-0.39, 0.29) is 12.6 Å². The molecule has 0 spiro atoms. The summed E-state index contributed by atoms with van der Waals surface area (Å²) >= 11 is 0. The maximum absolute atomic E-state index is 12.0. The Hall–Kier alpha value is -2.17. The van der Waals surface area contributed by atoms with Crippen LogP contribution in [0.25, 0.3) is 0 Å². The third-order valence-corrected chi connectivity index (χ3v) is 3.21. The molecule has 2 aliphatic heterocycles. The molecule has 0 unspecified atom stereocenters. The van der Waals surface area contributed by atoms with Crippen LogP contribution in [-0.2, 0) is 11.2 Å². The van der Waals surface area contributed by atoms with Crippen molar-refractivity contribution < 1.29 is 14.3 Å². The minimum absolute atomic E-state index is 0.0152. The standard InChI is InChI=1S/C14H14N2O3/c1-3-11(17)14-10-6-13-12(18-7-19-13)5-9(10)4-8(2)15-16-14/h5-6H,3-4,7H2,1-2H3. The summed E-state index contributed by atoms with van der Waals surface area (Å²) in [6.07, 6.45) is 1.07. The molecule has 5 nitrogen and oxygen atoms in total. The molecule has 19 heavy (non-hydrogen) atoms. The predicted octanol–water partition coefficient (Wildman–Crippen LogP) is 2.12. The highest BCUT2D eigenvalue weighted by Crippen LogP contribution is 2.36. The van der Waals surface area contributed by atoms with Crippen LogP contribution in [0.5, 0.6) is 11.5 Å². The molecule has 5 heteroatoms. The number of hydrogen-bond donors (Lipinski definition) is 0. The van der Waals surface area contributed by atoms with Gasteiger partial charge in [0.1, 0.15) is 5.71 Å². The first-order chi connectivity index (χ1) is 9.19. The van der Waals surface area contributed by atoms with Crippen molar-refractivity contribution in [3.8, 4) is 11.5 Å². The van der Waals surface area contributed by atoms with Crippen LogP contribution in [0.15, 0.2) is 22.3 Å². The molecule has 0 aliphatic carbocycles. The Labute approximate surface area is 110 Å². The Bertz CT molecular complexity index is 617. The highest BCUT2D eigenvalue weighted by molar-refractivity contribution is 6.46. The molecule has 0 aromatic heterocycles. The van der Waals surface area contributed by atoms with Gasteiger partial charge in [-0.2, -0.15) is 5.10 Å². The van der Waals surface area contributed by atoms with E-state index in [9.17, 15) is 4.79 Å². The largest absolute Gasteiger partial charge is 0.454 e. The van der Waals surface area contributed by atoms with Gasteiger partial charge in [-0.05, 0) is 24.6 Å². The molecule has 1 aromatic rings. The van der Waals surface area contributed by atoms with Crippen LogP contribution < -0.4 is 9.47 Å².